The molecule has 7 nitrogen and oxygen atoms in total. The first-order valence-electron chi connectivity index (χ1n) is 7.95. The van der Waals surface area contributed by atoms with Crippen molar-refractivity contribution in [2.45, 2.75) is 19.3 Å². The molecule has 1 aromatic carbocycles. The second-order valence-corrected chi connectivity index (χ2v) is 6.62. The van der Waals surface area contributed by atoms with Crippen molar-refractivity contribution >= 4 is 41.0 Å². The van der Waals surface area contributed by atoms with Crippen LogP contribution >= 0.6 is 23.2 Å². The van der Waals surface area contributed by atoms with Crippen molar-refractivity contribution in [2.24, 2.45) is 0 Å². The Morgan fingerprint density at radius 1 is 1.23 bits per heavy atom. The van der Waals surface area contributed by atoms with Gasteiger partial charge in [-0.2, -0.15) is 0 Å². The number of nitrogens with one attached hydrogen (secondary N) is 1. The van der Waals surface area contributed by atoms with E-state index in [9.17, 15) is 19.5 Å². The number of carboxylic acid groups (broad SMARTS) is 1. The summed E-state index contributed by atoms with van der Waals surface area (Å²) in [6, 6.07) is 5.31. The number of carboxylic acids is 1. The van der Waals surface area contributed by atoms with E-state index in [1.165, 1.54) is 0 Å². The largest absolute Gasteiger partial charge is 0.503 e. The number of benzene rings is 1. The molecule has 1 heterocycles. The van der Waals surface area contributed by atoms with Gasteiger partial charge in [0.2, 0.25) is 0 Å². The molecule has 0 saturated carbocycles. The van der Waals surface area contributed by atoms with Gasteiger partial charge in [-0.25, -0.2) is 0 Å². The molecule has 3 N–H and O–H groups in total. The van der Waals surface area contributed by atoms with Crippen LogP contribution in [0.5, 0.6) is 0 Å². The quantitative estimate of drug-likeness (QED) is 0.579. The van der Waals surface area contributed by atoms with Crippen molar-refractivity contribution in [1.29, 1.82) is 0 Å². The zero-order chi connectivity index (χ0) is 19.3. The molecule has 0 fully saturated rings. The van der Waals surface area contributed by atoms with E-state index in [0.717, 1.165) is 10.5 Å². The minimum Gasteiger partial charge on any atom is -0.503 e. The number of hydrogen-bond donors (Lipinski definition) is 3. The fraction of sp³-hybridized carbons (Fsp3) is 0.353. The minimum absolute atomic E-state index is 0.0464. The van der Waals surface area contributed by atoms with Crippen LogP contribution in [0.1, 0.15) is 18.4 Å². The lowest BCUT2D eigenvalue weighted by Crippen LogP contribution is -2.32. The molecule has 26 heavy (non-hydrogen) atoms. The molecule has 0 unspecified atom stereocenters. The second kappa shape index (κ2) is 8.91. The number of halogens is 2. The zero-order valence-electron chi connectivity index (χ0n) is 13.8. The molecule has 9 heteroatoms. The molecule has 2 rings (SSSR count). The molecule has 0 radical (unpaired) electrons. The average Bonchev–Trinajstić information content (AvgIpc) is 2.88. The third-order valence-electron chi connectivity index (χ3n) is 3.91. The van der Waals surface area contributed by atoms with Gasteiger partial charge in [0.15, 0.2) is 5.76 Å². The molecule has 0 spiro atoms. The molecule has 0 saturated heterocycles. The molecule has 0 bridgehead atoms. The monoisotopic (exact) mass is 400 g/mol. The van der Waals surface area contributed by atoms with Crippen molar-refractivity contribution in [2.75, 3.05) is 19.6 Å². The van der Waals surface area contributed by atoms with Crippen LogP contribution in [-0.2, 0) is 20.8 Å². The van der Waals surface area contributed by atoms with E-state index in [1.807, 2.05) is 6.07 Å². The number of carbonyl (C=O) groups excluding carboxylic acids is 2. The summed E-state index contributed by atoms with van der Waals surface area (Å²) < 4.78 is 0. The number of aliphatic carboxylic acids is 1. The average molecular weight is 401 g/mol. The third-order valence-corrected chi connectivity index (χ3v) is 4.65. The van der Waals surface area contributed by atoms with E-state index in [-0.39, 0.29) is 25.1 Å². The predicted octanol–water partition coefficient (Wildman–Crippen LogP) is 2.17. The molecule has 2 amide bonds. The smallest absolute Gasteiger partial charge is 0.305 e. The minimum atomic E-state index is -1.06. The van der Waals surface area contributed by atoms with Crippen molar-refractivity contribution < 1.29 is 24.6 Å². The highest BCUT2D eigenvalue weighted by Gasteiger charge is 2.33. The lowest BCUT2D eigenvalue weighted by molar-refractivity contribution is -0.138. The van der Waals surface area contributed by atoms with Gasteiger partial charge in [0.1, 0.15) is 0 Å². The SMILES string of the molecule is O=C(O)CCN1CC(C(=O)NCCCc2ccc(Cl)c(Cl)c2)=C(O)C1=O. The van der Waals surface area contributed by atoms with Crippen LogP contribution in [0.2, 0.25) is 10.0 Å². The fourth-order valence-electron chi connectivity index (χ4n) is 2.50. The van der Waals surface area contributed by atoms with Gasteiger partial charge < -0.3 is 20.4 Å². The van der Waals surface area contributed by atoms with Gasteiger partial charge >= 0.3 is 5.97 Å². The van der Waals surface area contributed by atoms with Crippen LogP contribution in [-0.4, -0.2) is 52.5 Å². The van der Waals surface area contributed by atoms with Crippen LogP contribution < -0.4 is 5.32 Å². The molecule has 0 atom stereocenters. The number of hydrogen-bond acceptors (Lipinski definition) is 4. The van der Waals surface area contributed by atoms with Gasteiger partial charge in [-0.15, -0.1) is 0 Å². The number of aryl methyl sites for hydroxylation is 1. The van der Waals surface area contributed by atoms with Gasteiger partial charge in [0, 0.05) is 13.1 Å². The summed E-state index contributed by atoms with van der Waals surface area (Å²) in [5.74, 6) is -2.95. The Labute approximate surface area is 160 Å². The van der Waals surface area contributed by atoms with Gasteiger partial charge in [-0.05, 0) is 30.5 Å². The van der Waals surface area contributed by atoms with E-state index in [0.29, 0.717) is 29.4 Å². The number of rotatable bonds is 8. The summed E-state index contributed by atoms with van der Waals surface area (Å²) in [6.07, 6.45) is 1.05. The lowest BCUT2D eigenvalue weighted by Gasteiger charge is -2.14. The van der Waals surface area contributed by atoms with E-state index >= 15 is 0 Å². The summed E-state index contributed by atoms with van der Waals surface area (Å²) in [7, 11) is 0. The molecule has 0 aliphatic carbocycles. The molecule has 140 valence electrons. The molecular weight excluding hydrogens is 383 g/mol. The van der Waals surface area contributed by atoms with Crippen LogP contribution in [0.3, 0.4) is 0 Å². The van der Waals surface area contributed by atoms with Crippen LogP contribution in [0.15, 0.2) is 29.5 Å². The number of aliphatic hydroxyl groups excluding tert-OH is 1. The first-order valence-corrected chi connectivity index (χ1v) is 8.70. The lowest BCUT2D eigenvalue weighted by atomic mass is 10.1. The number of nitrogens with zero attached hydrogens (tertiary/aromatic N) is 1. The Morgan fingerprint density at radius 2 is 1.96 bits per heavy atom. The van der Waals surface area contributed by atoms with Crippen LogP contribution in [0.4, 0.5) is 0 Å². The normalized spacial score (nSPS) is 14.1. The van der Waals surface area contributed by atoms with Crippen LogP contribution in [0, 0.1) is 0 Å². The maximum Gasteiger partial charge on any atom is 0.305 e. The van der Waals surface area contributed by atoms with E-state index in [2.05, 4.69) is 5.32 Å². The molecule has 1 aliphatic heterocycles. The Morgan fingerprint density at radius 3 is 2.62 bits per heavy atom. The van der Waals surface area contributed by atoms with Crippen molar-refractivity contribution in [3.8, 4) is 0 Å². The molecule has 1 aliphatic rings. The van der Waals surface area contributed by atoms with Gasteiger partial charge in [-0.1, -0.05) is 29.3 Å². The molecular formula is C17H18Cl2N2O5. The Bertz CT molecular complexity index is 764. The van der Waals surface area contributed by atoms with Crippen molar-refractivity contribution in [3.63, 3.8) is 0 Å². The number of amides is 2. The third kappa shape index (κ3) is 5.12. The van der Waals surface area contributed by atoms with E-state index in [1.54, 1.807) is 12.1 Å². The Hall–Kier alpha value is -2.25. The highest BCUT2D eigenvalue weighted by atomic mass is 35.5. The number of carbonyl (C=O) groups is 3. The maximum atomic E-state index is 12.1. The molecule has 1 aromatic rings. The summed E-state index contributed by atoms with van der Waals surface area (Å²) in [5.41, 5.74) is 0.932. The second-order valence-electron chi connectivity index (χ2n) is 5.81. The standard InChI is InChI=1S/C17H18Cl2N2O5/c18-12-4-3-10(8-13(12)19)2-1-6-20-16(25)11-9-21(7-5-14(22)23)17(26)15(11)24/h3-4,8,24H,1-2,5-7,9H2,(H,20,25)(H,22,23). The van der Waals surface area contributed by atoms with Crippen LogP contribution in [0.25, 0.3) is 0 Å². The Kier molecular flexibility index (Phi) is 6.88. The highest BCUT2D eigenvalue weighted by Crippen LogP contribution is 2.23. The van der Waals surface area contributed by atoms with Gasteiger partial charge in [-0.3, -0.25) is 14.4 Å². The van der Waals surface area contributed by atoms with Crippen molar-refractivity contribution in [3.05, 3.63) is 45.1 Å². The molecule has 0 aromatic heterocycles. The fourth-order valence-corrected chi connectivity index (χ4v) is 2.82. The predicted molar refractivity (Wildman–Crippen MR) is 96.3 cm³/mol. The highest BCUT2D eigenvalue weighted by molar-refractivity contribution is 6.42. The number of aliphatic hydroxyl groups is 1. The maximum absolute atomic E-state index is 12.1. The topological polar surface area (TPSA) is 107 Å². The van der Waals surface area contributed by atoms with Gasteiger partial charge in [0.25, 0.3) is 11.8 Å². The first kappa shape index (κ1) is 20.1. The summed E-state index contributed by atoms with van der Waals surface area (Å²) in [6.45, 7) is 0.183. The Balaban J connectivity index is 1.81. The summed E-state index contributed by atoms with van der Waals surface area (Å²) in [4.78, 5) is 35.7. The summed E-state index contributed by atoms with van der Waals surface area (Å²) in [5, 5.41) is 22.1. The van der Waals surface area contributed by atoms with Gasteiger partial charge in [0.05, 0.1) is 28.6 Å². The summed E-state index contributed by atoms with van der Waals surface area (Å²) >= 11 is 11.8. The first-order chi connectivity index (χ1) is 12.3. The van der Waals surface area contributed by atoms with E-state index < -0.39 is 23.5 Å². The van der Waals surface area contributed by atoms with E-state index in [4.69, 9.17) is 28.3 Å². The van der Waals surface area contributed by atoms with Crippen molar-refractivity contribution in [1.82, 2.24) is 10.2 Å². The zero-order valence-corrected chi connectivity index (χ0v) is 15.3.